The van der Waals surface area contributed by atoms with Crippen LogP contribution in [-0.2, 0) is 0 Å². The van der Waals surface area contributed by atoms with E-state index >= 15 is 0 Å². The molecule has 0 aromatic heterocycles. The Hall–Kier alpha value is -1.51. The quantitative estimate of drug-likeness (QED) is 0.839. The van der Waals surface area contributed by atoms with Crippen molar-refractivity contribution in [2.75, 3.05) is 12.4 Å². The highest BCUT2D eigenvalue weighted by atomic mass is 35.5. The van der Waals surface area contributed by atoms with Crippen molar-refractivity contribution < 1.29 is 4.74 Å². The minimum atomic E-state index is -0.130. The molecule has 18 heavy (non-hydrogen) atoms. The molecule has 2 rings (SSSR count). The number of rotatable bonds is 5. The Morgan fingerprint density at radius 1 is 0.944 bits per heavy atom. The third kappa shape index (κ3) is 3.25. The van der Waals surface area contributed by atoms with Crippen LogP contribution >= 0.6 is 11.6 Å². The van der Waals surface area contributed by atoms with Crippen LogP contribution in [0.4, 0.5) is 0 Å². The zero-order valence-electron chi connectivity index (χ0n) is 10.1. The number of halogens is 1. The molecule has 0 aliphatic heterocycles. The Bertz CT molecular complexity index is 466. The molecule has 0 aliphatic carbocycles. The topological polar surface area (TPSA) is 35.2 Å². The molecule has 0 heterocycles. The van der Waals surface area contributed by atoms with E-state index in [0.717, 1.165) is 11.3 Å². The molecule has 1 atom stereocenters. The summed E-state index contributed by atoms with van der Waals surface area (Å²) in [5.41, 5.74) is 7.90. The fraction of sp³-hybridized carbons (Fsp3) is 0.200. The first-order chi connectivity index (χ1) is 8.83. The number of ether oxygens (including phenoxy) is 1. The molecule has 1 unspecified atom stereocenters. The van der Waals surface area contributed by atoms with E-state index < -0.39 is 0 Å². The Kier molecular flexibility index (Phi) is 4.62. The molecular formula is C15H16ClNO. The predicted octanol–water partition coefficient (Wildman–Crippen LogP) is 3.30. The molecular weight excluding hydrogens is 246 g/mol. The molecule has 0 bridgehead atoms. The zero-order valence-corrected chi connectivity index (χ0v) is 10.8. The second-order valence-corrected chi connectivity index (χ2v) is 4.33. The Morgan fingerprint density at radius 3 is 2.11 bits per heavy atom. The lowest BCUT2D eigenvalue weighted by Gasteiger charge is -2.14. The van der Waals surface area contributed by atoms with Gasteiger partial charge in [0.15, 0.2) is 0 Å². The SMILES string of the molecule is NCC(CCl)Oc1ccc(-c2ccccc2)cc1. The molecule has 2 aromatic rings. The lowest BCUT2D eigenvalue weighted by molar-refractivity contribution is 0.233. The highest BCUT2D eigenvalue weighted by Gasteiger charge is 2.06. The van der Waals surface area contributed by atoms with Gasteiger partial charge in [-0.05, 0) is 23.3 Å². The Morgan fingerprint density at radius 2 is 1.56 bits per heavy atom. The molecule has 0 spiro atoms. The maximum atomic E-state index is 5.74. The summed E-state index contributed by atoms with van der Waals surface area (Å²) in [4.78, 5) is 0. The fourth-order valence-corrected chi connectivity index (χ4v) is 1.88. The third-order valence-electron chi connectivity index (χ3n) is 2.70. The molecule has 94 valence electrons. The van der Waals surface area contributed by atoms with Crippen LogP contribution in [0.2, 0.25) is 0 Å². The van der Waals surface area contributed by atoms with Crippen LogP contribution in [-0.4, -0.2) is 18.5 Å². The van der Waals surface area contributed by atoms with E-state index in [-0.39, 0.29) is 6.10 Å². The van der Waals surface area contributed by atoms with E-state index in [4.69, 9.17) is 22.1 Å². The van der Waals surface area contributed by atoms with Crippen LogP contribution in [0.3, 0.4) is 0 Å². The molecule has 0 saturated carbocycles. The molecule has 0 radical (unpaired) electrons. The van der Waals surface area contributed by atoms with E-state index in [1.165, 1.54) is 5.56 Å². The standard InChI is InChI=1S/C15H16ClNO/c16-10-15(11-17)18-14-8-6-13(7-9-14)12-4-2-1-3-5-12/h1-9,15H,10-11,17H2. The van der Waals surface area contributed by atoms with Gasteiger partial charge < -0.3 is 10.5 Å². The summed E-state index contributed by atoms with van der Waals surface area (Å²) in [5.74, 6) is 1.20. The van der Waals surface area contributed by atoms with Gasteiger partial charge in [0.1, 0.15) is 11.9 Å². The average molecular weight is 262 g/mol. The van der Waals surface area contributed by atoms with Gasteiger partial charge in [-0.2, -0.15) is 0 Å². The van der Waals surface area contributed by atoms with Crippen LogP contribution in [0.1, 0.15) is 0 Å². The van der Waals surface area contributed by atoms with Crippen molar-refractivity contribution in [3.63, 3.8) is 0 Å². The minimum Gasteiger partial charge on any atom is -0.488 e. The van der Waals surface area contributed by atoms with Crippen molar-refractivity contribution in [3.05, 3.63) is 54.6 Å². The minimum absolute atomic E-state index is 0.130. The van der Waals surface area contributed by atoms with E-state index in [1.807, 2.05) is 42.5 Å². The molecule has 2 nitrogen and oxygen atoms in total. The molecule has 3 heteroatoms. The smallest absolute Gasteiger partial charge is 0.124 e. The van der Waals surface area contributed by atoms with Gasteiger partial charge in [0.25, 0.3) is 0 Å². The third-order valence-corrected chi connectivity index (χ3v) is 3.04. The number of alkyl halides is 1. The van der Waals surface area contributed by atoms with E-state index in [9.17, 15) is 0 Å². The van der Waals surface area contributed by atoms with Gasteiger partial charge in [-0.25, -0.2) is 0 Å². The van der Waals surface area contributed by atoms with Gasteiger partial charge >= 0.3 is 0 Å². The van der Waals surface area contributed by atoms with Gasteiger partial charge in [-0.1, -0.05) is 42.5 Å². The van der Waals surface area contributed by atoms with Crippen molar-refractivity contribution in [1.29, 1.82) is 0 Å². The maximum absolute atomic E-state index is 5.74. The summed E-state index contributed by atoms with van der Waals surface area (Å²) in [6.07, 6.45) is -0.130. The fourth-order valence-electron chi connectivity index (χ4n) is 1.69. The largest absolute Gasteiger partial charge is 0.488 e. The van der Waals surface area contributed by atoms with Crippen LogP contribution in [0.25, 0.3) is 11.1 Å². The predicted molar refractivity (Wildman–Crippen MR) is 76.1 cm³/mol. The molecule has 2 aromatic carbocycles. The second kappa shape index (κ2) is 6.43. The van der Waals surface area contributed by atoms with E-state index in [0.29, 0.717) is 12.4 Å². The van der Waals surface area contributed by atoms with E-state index in [2.05, 4.69) is 12.1 Å². The average Bonchev–Trinajstić information content (AvgIpc) is 2.46. The summed E-state index contributed by atoms with van der Waals surface area (Å²) in [5, 5.41) is 0. The first kappa shape index (κ1) is 12.9. The summed E-state index contributed by atoms with van der Waals surface area (Å²) >= 11 is 5.74. The van der Waals surface area contributed by atoms with E-state index in [1.54, 1.807) is 0 Å². The van der Waals surface area contributed by atoms with Crippen molar-refractivity contribution in [2.45, 2.75) is 6.10 Å². The summed E-state index contributed by atoms with van der Waals surface area (Å²) < 4.78 is 5.65. The zero-order chi connectivity index (χ0) is 12.8. The lowest BCUT2D eigenvalue weighted by atomic mass is 10.1. The highest BCUT2D eigenvalue weighted by molar-refractivity contribution is 6.18. The van der Waals surface area contributed by atoms with Crippen LogP contribution in [0.15, 0.2) is 54.6 Å². The highest BCUT2D eigenvalue weighted by Crippen LogP contribution is 2.22. The van der Waals surface area contributed by atoms with Gasteiger partial charge in [-0.3, -0.25) is 0 Å². The Labute approximate surface area is 112 Å². The summed E-state index contributed by atoms with van der Waals surface area (Å²) in [6, 6.07) is 18.2. The molecule has 2 N–H and O–H groups in total. The van der Waals surface area contributed by atoms with Crippen LogP contribution < -0.4 is 10.5 Å². The second-order valence-electron chi connectivity index (χ2n) is 4.02. The monoisotopic (exact) mass is 261 g/mol. The maximum Gasteiger partial charge on any atom is 0.124 e. The molecule has 0 aliphatic rings. The summed E-state index contributed by atoms with van der Waals surface area (Å²) in [7, 11) is 0. The van der Waals surface area contributed by atoms with Crippen molar-refractivity contribution >= 4 is 11.6 Å². The van der Waals surface area contributed by atoms with Crippen molar-refractivity contribution in [2.24, 2.45) is 5.73 Å². The number of hydrogen-bond donors (Lipinski definition) is 1. The van der Waals surface area contributed by atoms with Gasteiger partial charge in [0.2, 0.25) is 0 Å². The van der Waals surface area contributed by atoms with Crippen LogP contribution in [0.5, 0.6) is 5.75 Å². The van der Waals surface area contributed by atoms with Crippen molar-refractivity contribution in [3.8, 4) is 16.9 Å². The van der Waals surface area contributed by atoms with Gasteiger partial charge in [0, 0.05) is 6.54 Å². The Balaban J connectivity index is 2.11. The molecule has 0 saturated heterocycles. The van der Waals surface area contributed by atoms with Gasteiger partial charge in [-0.15, -0.1) is 11.6 Å². The number of benzene rings is 2. The van der Waals surface area contributed by atoms with Crippen molar-refractivity contribution in [1.82, 2.24) is 0 Å². The van der Waals surface area contributed by atoms with Gasteiger partial charge in [0.05, 0.1) is 5.88 Å². The number of hydrogen-bond acceptors (Lipinski definition) is 2. The molecule has 0 amide bonds. The first-order valence-electron chi connectivity index (χ1n) is 5.91. The van der Waals surface area contributed by atoms with Crippen LogP contribution in [0, 0.1) is 0 Å². The molecule has 0 fully saturated rings. The number of nitrogens with two attached hydrogens (primary N) is 1. The summed E-state index contributed by atoms with van der Waals surface area (Å²) in [6.45, 7) is 0.421. The first-order valence-corrected chi connectivity index (χ1v) is 6.45. The lowest BCUT2D eigenvalue weighted by Crippen LogP contribution is -2.28. The normalized spacial score (nSPS) is 12.1.